The van der Waals surface area contributed by atoms with Crippen molar-refractivity contribution >= 4 is 11.6 Å². The maximum atomic E-state index is 14.5. The number of benzene rings is 1. The Balaban J connectivity index is 1.91. The number of carbonyl (C=O) groups excluding carboxylic acids is 1. The van der Waals surface area contributed by atoms with E-state index in [1.165, 1.54) is 6.07 Å². The van der Waals surface area contributed by atoms with Crippen LogP contribution >= 0.6 is 0 Å². The fourth-order valence-corrected chi connectivity index (χ4v) is 3.84. The predicted molar refractivity (Wildman–Crippen MR) is 131 cm³/mol. The van der Waals surface area contributed by atoms with Crippen LogP contribution in [0.3, 0.4) is 0 Å². The summed E-state index contributed by atoms with van der Waals surface area (Å²) in [5, 5.41) is 7.77. The minimum atomic E-state index is -0.374. The van der Waals surface area contributed by atoms with Crippen LogP contribution in [0.2, 0.25) is 0 Å². The van der Waals surface area contributed by atoms with Crippen molar-refractivity contribution in [3.8, 4) is 11.3 Å². The van der Waals surface area contributed by atoms with Crippen LogP contribution in [0, 0.1) is 5.82 Å². The fraction of sp³-hybridized carbons (Fsp3) is 0.500. The van der Waals surface area contributed by atoms with Crippen molar-refractivity contribution < 1.29 is 9.18 Å². The molecule has 1 atom stereocenters. The van der Waals surface area contributed by atoms with E-state index in [2.05, 4.69) is 54.9 Å². The van der Waals surface area contributed by atoms with Crippen LogP contribution in [0.15, 0.2) is 36.4 Å². The zero-order chi connectivity index (χ0) is 24.2. The van der Waals surface area contributed by atoms with Crippen molar-refractivity contribution in [2.24, 2.45) is 0 Å². The van der Waals surface area contributed by atoms with Gasteiger partial charge in [0.2, 0.25) is 0 Å². The van der Waals surface area contributed by atoms with Crippen molar-refractivity contribution in [1.82, 2.24) is 24.8 Å². The molecule has 6 nitrogen and oxygen atoms in total. The second-order valence-corrected chi connectivity index (χ2v) is 9.60. The highest BCUT2D eigenvalue weighted by Gasteiger charge is 2.23. The number of fused-ring (bicyclic) bond motifs is 1. The maximum Gasteiger partial charge on any atom is 0.270 e. The summed E-state index contributed by atoms with van der Waals surface area (Å²) >= 11 is 0. The van der Waals surface area contributed by atoms with Crippen molar-refractivity contribution in [1.29, 1.82) is 0 Å². The van der Waals surface area contributed by atoms with Gasteiger partial charge in [0.1, 0.15) is 11.5 Å². The summed E-state index contributed by atoms with van der Waals surface area (Å²) in [6.07, 6.45) is 1.88. The van der Waals surface area contributed by atoms with E-state index in [1.807, 2.05) is 13.0 Å². The predicted octanol–water partition coefficient (Wildman–Crippen LogP) is 5.07. The van der Waals surface area contributed by atoms with Crippen molar-refractivity contribution in [3.63, 3.8) is 0 Å². The minimum Gasteiger partial charge on any atom is -0.348 e. The van der Waals surface area contributed by atoms with Crippen molar-refractivity contribution in [2.75, 3.05) is 19.6 Å². The lowest BCUT2D eigenvalue weighted by Crippen LogP contribution is -2.35. The number of carbonyl (C=O) groups is 1. The van der Waals surface area contributed by atoms with E-state index in [-0.39, 0.29) is 23.2 Å². The molecule has 1 amide bonds. The van der Waals surface area contributed by atoms with E-state index in [1.54, 1.807) is 28.8 Å². The first-order valence-electron chi connectivity index (χ1n) is 11.8. The van der Waals surface area contributed by atoms with E-state index < -0.39 is 0 Å². The molecule has 0 aliphatic rings. The molecule has 0 fully saturated rings. The summed E-state index contributed by atoms with van der Waals surface area (Å²) in [5.74, 6) is -0.611. The molecule has 1 unspecified atom stereocenters. The van der Waals surface area contributed by atoms with Gasteiger partial charge in [-0.2, -0.15) is 5.10 Å². The second kappa shape index (κ2) is 10.4. The van der Waals surface area contributed by atoms with Gasteiger partial charge in [0.05, 0.1) is 11.4 Å². The van der Waals surface area contributed by atoms with Crippen LogP contribution in [0.5, 0.6) is 0 Å². The average molecular weight is 454 g/mol. The van der Waals surface area contributed by atoms with Gasteiger partial charge in [0.25, 0.3) is 5.91 Å². The Morgan fingerprint density at radius 1 is 1.18 bits per heavy atom. The molecule has 1 aromatic carbocycles. The molecule has 2 heterocycles. The topological polar surface area (TPSA) is 62.5 Å². The number of halogens is 1. The smallest absolute Gasteiger partial charge is 0.270 e. The number of aromatic nitrogens is 3. The molecule has 2 aromatic heterocycles. The van der Waals surface area contributed by atoms with Gasteiger partial charge in [-0.3, -0.25) is 4.79 Å². The third kappa shape index (κ3) is 5.96. The van der Waals surface area contributed by atoms with Gasteiger partial charge in [-0.1, -0.05) is 46.8 Å². The summed E-state index contributed by atoms with van der Waals surface area (Å²) in [5.41, 5.74) is 2.27. The zero-order valence-electron chi connectivity index (χ0n) is 20.7. The molecule has 0 bridgehead atoms. The van der Waals surface area contributed by atoms with Gasteiger partial charge in [-0.15, -0.1) is 0 Å². The SMILES string of the molecule is CCN(CC)CCCC(C)NC(=O)c1cc(-c2ccccc2F)nc2cc(C(C)(C)C)nn12. The van der Waals surface area contributed by atoms with Crippen LogP contribution < -0.4 is 5.32 Å². The van der Waals surface area contributed by atoms with Crippen LogP contribution in [0.25, 0.3) is 16.9 Å². The maximum absolute atomic E-state index is 14.5. The first-order valence-corrected chi connectivity index (χ1v) is 11.8. The Morgan fingerprint density at radius 3 is 2.52 bits per heavy atom. The van der Waals surface area contributed by atoms with Gasteiger partial charge in [0.15, 0.2) is 5.65 Å². The van der Waals surface area contributed by atoms with Gasteiger partial charge in [-0.05, 0) is 57.6 Å². The summed E-state index contributed by atoms with van der Waals surface area (Å²) in [6, 6.07) is 9.98. The Kier molecular flexibility index (Phi) is 7.84. The molecule has 7 heteroatoms. The van der Waals surface area contributed by atoms with Crippen LogP contribution in [0.1, 0.15) is 70.6 Å². The Hall–Kier alpha value is -2.80. The summed E-state index contributed by atoms with van der Waals surface area (Å²) in [4.78, 5) is 20.3. The Bertz CT molecular complexity index is 1100. The third-order valence-corrected chi connectivity index (χ3v) is 5.96. The minimum absolute atomic E-state index is 0.00541. The number of nitrogens with one attached hydrogen (secondary N) is 1. The number of hydrogen-bond acceptors (Lipinski definition) is 4. The first kappa shape index (κ1) is 24.8. The average Bonchev–Trinajstić information content (AvgIpc) is 3.21. The summed E-state index contributed by atoms with van der Waals surface area (Å²) < 4.78 is 16.1. The molecule has 178 valence electrons. The fourth-order valence-electron chi connectivity index (χ4n) is 3.84. The normalized spacial score (nSPS) is 13.0. The van der Waals surface area contributed by atoms with Gasteiger partial charge in [-0.25, -0.2) is 13.9 Å². The Labute approximate surface area is 196 Å². The molecule has 3 aromatic rings. The molecule has 0 spiro atoms. The zero-order valence-corrected chi connectivity index (χ0v) is 20.7. The lowest BCUT2D eigenvalue weighted by molar-refractivity contribution is 0.0929. The lowest BCUT2D eigenvalue weighted by atomic mass is 9.93. The second-order valence-electron chi connectivity index (χ2n) is 9.60. The van der Waals surface area contributed by atoms with E-state index in [0.717, 1.165) is 38.2 Å². The number of amides is 1. The van der Waals surface area contributed by atoms with Crippen LogP contribution in [0.4, 0.5) is 4.39 Å². The van der Waals surface area contributed by atoms with E-state index in [4.69, 9.17) is 0 Å². The van der Waals surface area contributed by atoms with Gasteiger partial charge >= 0.3 is 0 Å². The van der Waals surface area contributed by atoms with Crippen molar-refractivity contribution in [3.05, 3.63) is 53.6 Å². The molecule has 0 aliphatic carbocycles. The molecule has 0 saturated heterocycles. The first-order chi connectivity index (χ1) is 15.6. The quantitative estimate of drug-likeness (QED) is 0.491. The van der Waals surface area contributed by atoms with Crippen LogP contribution in [-0.4, -0.2) is 51.1 Å². The molecule has 0 aliphatic heterocycles. The highest BCUT2D eigenvalue weighted by Crippen LogP contribution is 2.26. The van der Waals surface area contributed by atoms with E-state index >= 15 is 0 Å². The summed E-state index contributed by atoms with van der Waals surface area (Å²) in [6.45, 7) is 15.6. The monoisotopic (exact) mass is 453 g/mol. The molecule has 0 saturated carbocycles. The van der Waals surface area contributed by atoms with Crippen LogP contribution in [-0.2, 0) is 5.41 Å². The van der Waals surface area contributed by atoms with E-state index in [9.17, 15) is 9.18 Å². The molecular weight excluding hydrogens is 417 g/mol. The standard InChI is InChI=1S/C26H36FN5O/c1-7-31(8-2)15-11-12-18(3)28-25(33)22-16-21(19-13-9-10-14-20(19)27)29-24-17-23(26(4,5)6)30-32(22)24/h9-10,13-14,16-18H,7-8,11-12,15H2,1-6H3,(H,28,33). The van der Waals surface area contributed by atoms with E-state index in [0.29, 0.717) is 22.6 Å². The lowest BCUT2D eigenvalue weighted by Gasteiger charge is -2.20. The number of nitrogens with zero attached hydrogens (tertiary/aromatic N) is 4. The highest BCUT2D eigenvalue weighted by molar-refractivity contribution is 5.94. The third-order valence-electron chi connectivity index (χ3n) is 5.96. The van der Waals surface area contributed by atoms with Gasteiger partial charge < -0.3 is 10.2 Å². The molecule has 33 heavy (non-hydrogen) atoms. The molecule has 3 rings (SSSR count). The molecular formula is C26H36FN5O. The van der Waals surface area contributed by atoms with Gasteiger partial charge in [0, 0.05) is 23.1 Å². The Morgan fingerprint density at radius 2 is 1.88 bits per heavy atom. The largest absolute Gasteiger partial charge is 0.348 e. The number of hydrogen-bond donors (Lipinski definition) is 1. The van der Waals surface area contributed by atoms with Crippen molar-refractivity contribution in [2.45, 2.75) is 65.8 Å². The number of rotatable bonds is 9. The molecule has 0 radical (unpaired) electrons. The highest BCUT2D eigenvalue weighted by atomic mass is 19.1. The summed E-state index contributed by atoms with van der Waals surface area (Å²) in [7, 11) is 0. The molecule has 1 N–H and O–H groups in total.